The van der Waals surface area contributed by atoms with Crippen LogP contribution in [0.1, 0.15) is 23.6 Å². The van der Waals surface area contributed by atoms with Crippen molar-refractivity contribution in [1.29, 1.82) is 0 Å². The van der Waals surface area contributed by atoms with E-state index in [2.05, 4.69) is 4.98 Å². The molecule has 0 unspecified atom stereocenters. The average molecular weight is 548 g/mol. The number of hydrogen-bond donors (Lipinski definition) is 0. The monoisotopic (exact) mass is 547 g/mol. The molecule has 0 spiro atoms. The number of rotatable bonds is 7. The molecule has 0 radical (unpaired) electrons. The molecule has 5 rings (SSSR count). The van der Waals surface area contributed by atoms with E-state index in [0.717, 1.165) is 17.2 Å². The first-order valence-corrected chi connectivity index (χ1v) is 13.9. The molecule has 4 nitrogen and oxygen atoms in total. The molecule has 0 bridgehead atoms. The van der Waals surface area contributed by atoms with Gasteiger partial charge in [-0.05, 0) is 65.1 Å². The Morgan fingerprint density at radius 3 is 2.23 bits per heavy atom. The van der Waals surface area contributed by atoms with Crippen LogP contribution in [0.5, 0.6) is 11.5 Å². The van der Waals surface area contributed by atoms with E-state index in [0.29, 0.717) is 34.4 Å². The number of ether oxygens (including phenoxy) is 1. The number of fused-ring (bicyclic) bond motifs is 1. The first kappa shape index (κ1) is 26.4. The third-order valence-corrected chi connectivity index (χ3v) is 8.15. The second-order valence-electron chi connectivity index (χ2n) is 9.03. The van der Waals surface area contributed by atoms with Gasteiger partial charge in [0.15, 0.2) is 9.84 Å². The third kappa shape index (κ3) is 5.66. The predicted octanol–water partition coefficient (Wildman–Crippen LogP) is 8.10. The van der Waals surface area contributed by atoms with Crippen LogP contribution in [0, 0.1) is 0 Å². The van der Waals surface area contributed by atoms with Crippen LogP contribution in [0.4, 0.5) is 13.2 Å². The van der Waals surface area contributed by atoms with Crippen molar-refractivity contribution in [2.45, 2.75) is 24.4 Å². The molecule has 5 aromatic rings. The van der Waals surface area contributed by atoms with E-state index in [1.807, 2.05) is 36.4 Å². The van der Waals surface area contributed by atoms with Gasteiger partial charge in [0.2, 0.25) is 0 Å². The number of alkyl halides is 3. The summed E-state index contributed by atoms with van der Waals surface area (Å²) >= 11 is 0. The number of sulfone groups is 1. The van der Waals surface area contributed by atoms with Crippen molar-refractivity contribution in [1.82, 2.24) is 4.98 Å². The maximum absolute atomic E-state index is 13.8. The van der Waals surface area contributed by atoms with Crippen LogP contribution in [0.3, 0.4) is 0 Å². The lowest BCUT2D eigenvalue weighted by Crippen LogP contribution is -2.07. The summed E-state index contributed by atoms with van der Waals surface area (Å²) in [5.74, 6) is 0.719. The standard InChI is InChI=1S/C31H24F3NO3S/c1-2-39(36,37)26-14-7-13-25(19-26)38-24-12-6-11-22(18-24)29-23(17-21-9-4-3-5-10-21)20-35-30-27(29)15-8-16-28(30)31(32,33)34/h3-16,18-20H,2,17H2,1H3. The minimum absolute atomic E-state index is 0.0365. The molecule has 0 amide bonds. The Hall–Kier alpha value is -4.17. The summed E-state index contributed by atoms with van der Waals surface area (Å²) in [5.41, 5.74) is 2.12. The second kappa shape index (κ2) is 10.5. The van der Waals surface area contributed by atoms with Gasteiger partial charge in [-0.25, -0.2) is 8.42 Å². The maximum atomic E-state index is 13.8. The van der Waals surface area contributed by atoms with Crippen LogP contribution in [-0.2, 0) is 22.4 Å². The van der Waals surface area contributed by atoms with Gasteiger partial charge < -0.3 is 4.74 Å². The zero-order valence-corrected chi connectivity index (χ0v) is 21.8. The summed E-state index contributed by atoms with van der Waals surface area (Å²) in [5, 5.41) is 0.381. The summed E-state index contributed by atoms with van der Waals surface area (Å²) in [4.78, 5) is 4.41. The van der Waals surface area contributed by atoms with Gasteiger partial charge in [-0.15, -0.1) is 0 Å². The second-order valence-corrected chi connectivity index (χ2v) is 11.3. The molecule has 0 aliphatic heterocycles. The molecule has 0 saturated heterocycles. The highest BCUT2D eigenvalue weighted by atomic mass is 32.2. The lowest BCUT2D eigenvalue weighted by Gasteiger charge is -2.17. The van der Waals surface area contributed by atoms with Crippen molar-refractivity contribution in [3.8, 4) is 22.6 Å². The largest absolute Gasteiger partial charge is 0.457 e. The molecule has 0 saturated carbocycles. The van der Waals surface area contributed by atoms with E-state index >= 15 is 0 Å². The highest BCUT2D eigenvalue weighted by molar-refractivity contribution is 7.91. The van der Waals surface area contributed by atoms with Crippen LogP contribution in [-0.4, -0.2) is 19.2 Å². The number of pyridine rings is 1. The summed E-state index contributed by atoms with van der Waals surface area (Å²) in [6.45, 7) is 1.57. The zero-order valence-electron chi connectivity index (χ0n) is 20.9. The fourth-order valence-electron chi connectivity index (χ4n) is 4.53. The smallest absolute Gasteiger partial charge is 0.418 e. The number of benzene rings is 4. The summed E-state index contributed by atoms with van der Waals surface area (Å²) < 4.78 is 72.2. The van der Waals surface area contributed by atoms with Gasteiger partial charge in [0.25, 0.3) is 0 Å². The van der Waals surface area contributed by atoms with Gasteiger partial charge in [-0.3, -0.25) is 4.98 Å². The number of aromatic nitrogens is 1. The lowest BCUT2D eigenvalue weighted by molar-refractivity contribution is -0.136. The third-order valence-electron chi connectivity index (χ3n) is 6.42. The first-order valence-electron chi connectivity index (χ1n) is 12.3. The molecule has 0 aliphatic carbocycles. The van der Waals surface area contributed by atoms with Gasteiger partial charge in [0, 0.05) is 11.6 Å². The molecule has 198 valence electrons. The normalized spacial score (nSPS) is 12.0. The fraction of sp³-hybridized carbons (Fsp3) is 0.129. The highest BCUT2D eigenvalue weighted by Gasteiger charge is 2.33. The molecule has 39 heavy (non-hydrogen) atoms. The Bertz CT molecular complexity index is 1750. The summed E-state index contributed by atoms with van der Waals surface area (Å²) in [7, 11) is -3.42. The molecule has 4 aromatic carbocycles. The molecule has 0 atom stereocenters. The molecular formula is C31H24F3NO3S. The van der Waals surface area contributed by atoms with Crippen molar-refractivity contribution in [2.75, 3.05) is 5.75 Å². The van der Waals surface area contributed by atoms with Gasteiger partial charge in [-0.2, -0.15) is 13.2 Å². The molecule has 0 aliphatic rings. The zero-order chi connectivity index (χ0) is 27.6. The van der Waals surface area contributed by atoms with Crippen LogP contribution < -0.4 is 4.74 Å². The molecule has 1 aromatic heterocycles. The Labute approximate surface area is 224 Å². The lowest BCUT2D eigenvalue weighted by atomic mass is 9.92. The highest BCUT2D eigenvalue weighted by Crippen LogP contribution is 2.40. The average Bonchev–Trinajstić information content (AvgIpc) is 2.93. The van der Waals surface area contributed by atoms with Crippen LogP contribution in [0.15, 0.2) is 108 Å². The van der Waals surface area contributed by atoms with E-state index in [9.17, 15) is 21.6 Å². The van der Waals surface area contributed by atoms with Gasteiger partial charge in [0.1, 0.15) is 11.5 Å². The van der Waals surface area contributed by atoms with E-state index < -0.39 is 21.6 Å². The van der Waals surface area contributed by atoms with E-state index in [1.54, 1.807) is 43.3 Å². The number of hydrogen-bond acceptors (Lipinski definition) is 4. The quantitative estimate of drug-likeness (QED) is 0.207. The SMILES string of the molecule is CCS(=O)(=O)c1cccc(Oc2cccc(-c3c(Cc4ccccc4)cnc4c(C(F)(F)F)cccc34)c2)c1. The minimum atomic E-state index is -4.56. The molecular weight excluding hydrogens is 523 g/mol. The van der Waals surface area contributed by atoms with Crippen LogP contribution in [0.25, 0.3) is 22.0 Å². The minimum Gasteiger partial charge on any atom is -0.457 e. The number of para-hydroxylation sites is 1. The molecule has 0 N–H and O–H groups in total. The fourth-order valence-corrected chi connectivity index (χ4v) is 5.45. The Morgan fingerprint density at radius 2 is 1.51 bits per heavy atom. The van der Waals surface area contributed by atoms with Crippen molar-refractivity contribution in [3.05, 3.63) is 120 Å². The Balaban J connectivity index is 1.63. The van der Waals surface area contributed by atoms with Gasteiger partial charge in [0.05, 0.1) is 21.7 Å². The van der Waals surface area contributed by atoms with Crippen LogP contribution in [0.2, 0.25) is 0 Å². The van der Waals surface area contributed by atoms with Gasteiger partial charge >= 0.3 is 6.18 Å². The van der Waals surface area contributed by atoms with Gasteiger partial charge in [-0.1, -0.05) is 67.6 Å². The molecule has 8 heteroatoms. The number of nitrogens with zero attached hydrogens (tertiary/aromatic N) is 1. The summed E-state index contributed by atoms with van der Waals surface area (Å²) in [6, 6.07) is 27.0. The van der Waals surface area contributed by atoms with Crippen molar-refractivity contribution in [3.63, 3.8) is 0 Å². The summed E-state index contributed by atoms with van der Waals surface area (Å²) in [6.07, 6.45) is -2.58. The Kier molecular flexibility index (Phi) is 7.14. The Morgan fingerprint density at radius 1 is 0.821 bits per heavy atom. The van der Waals surface area contributed by atoms with Crippen molar-refractivity contribution >= 4 is 20.7 Å². The molecule has 1 heterocycles. The van der Waals surface area contributed by atoms with E-state index in [4.69, 9.17) is 4.74 Å². The van der Waals surface area contributed by atoms with E-state index in [1.165, 1.54) is 24.4 Å². The van der Waals surface area contributed by atoms with Crippen molar-refractivity contribution in [2.24, 2.45) is 0 Å². The predicted molar refractivity (Wildman–Crippen MR) is 146 cm³/mol. The van der Waals surface area contributed by atoms with Crippen LogP contribution >= 0.6 is 0 Å². The maximum Gasteiger partial charge on any atom is 0.418 e. The van der Waals surface area contributed by atoms with Crippen molar-refractivity contribution < 1.29 is 26.3 Å². The van der Waals surface area contributed by atoms with E-state index in [-0.39, 0.29) is 16.2 Å². The first-order chi connectivity index (χ1) is 18.7. The number of halogens is 3. The topological polar surface area (TPSA) is 56.3 Å². The molecule has 0 fully saturated rings.